The van der Waals surface area contributed by atoms with Crippen molar-refractivity contribution in [1.29, 1.82) is 0 Å². The van der Waals surface area contributed by atoms with Gasteiger partial charge in [0.1, 0.15) is 12.4 Å². The van der Waals surface area contributed by atoms with E-state index in [0.29, 0.717) is 11.3 Å². The van der Waals surface area contributed by atoms with Crippen molar-refractivity contribution in [2.45, 2.75) is 41.5 Å². The number of ketones is 2. The summed E-state index contributed by atoms with van der Waals surface area (Å²) in [5, 5.41) is 2.32. The zero-order valence-corrected chi connectivity index (χ0v) is 18.9. The van der Waals surface area contributed by atoms with E-state index >= 15 is 0 Å². The summed E-state index contributed by atoms with van der Waals surface area (Å²) < 4.78 is 5.46. The van der Waals surface area contributed by atoms with Crippen LogP contribution in [0.15, 0.2) is 48.5 Å². The van der Waals surface area contributed by atoms with Crippen LogP contribution in [0.3, 0.4) is 0 Å². The van der Waals surface area contributed by atoms with E-state index in [4.69, 9.17) is 4.74 Å². The summed E-state index contributed by atoms with van der Waals surface area (Å²) in [7, 11) is 0. The van der Waals surface area contributed by atoms with Gasteiger partial charge in [-0.15, -0.1) is 0 Å². The number of carbonyl (C=O) groups excluding carboxylic acids is 4. The average molecular weight is 424 g/mol. The maximum absolute atomic E-state index is 12.4. The van der Waals surface area contributed by atoms with Gasteiger partial charge in [-0.05, 0) is 36.4 Å². The van der Waals surface area contributed by atoms with Crippen LogP contribution in [0.5, 0.6) is 5.75 Å². The molecular weight excluding hydrogens is 394 g/mol. The molecule has 0 unspecified atom stereocenters. The molecule has 0 radical (unpaired) electrons. The van der Waals surface area contributed by atoms with E-state index in [2.05, 4.69) is 5.32 Å². The number of imide groups is 1. The number of hydrogen-bond acceptors (Lipinski definition) is 5. The first-order valence-corrected chi connectivity index (χ1v) is 10.1. The van der Waals surface area contributed by atoms with Crippen LogP contribution in [-0.2, 0) is 4.79 Å². The lowest BCUT2D eigenvalue weighted by Gasteiger charge is -2.16. The van der Waals surface area contributed by atoms with Crippen LogP contribution in [-0.4, -0.2) is 30.0 Å². The Morgan fingerprint density at radius 3 is 1.52 bits per heavy atom. The zero-order valence-electron chi connectivity index (χ0n) is 18.9. The highest BCUT2D eigenvalue weighted by molar-refractivity contribution is 6.10. The van der Waals surface area contributed by atoms with E-state index in [0.717, 1.165) is 0 Å². The highest BCUT2D eigenvalue weighted by atomic mass is 16.5. The first-order valence-electron chi connectivity index (χ1n) is 10.1. The second-order valence-corrected chi connectivity index (χ2v) is 9.43. The van der Waals surface area contributed by atoms with Crippen molar-refractivity contribution in [3.63, 3.8) is 0 Å². The fourth-order valence-corrected chi connectivity index (χ4v) is 2.52. The third-order valence-electron chi connectivity index (χ3n) is 4.64. The molecule has 164 valence electrons. The van der Waals surface area contributed by atoms with Crippen LogP contribution in [0, 0.1) is 10.8 Å². The predicted octanol–water partition coefficient (Wildman–Crippen LogP) is 4.48. The number of ether oxygens (including phenoxy) is 1. The van der Waals surface area contributed by atoms with E-state index in [-0.39, 0.29) is 29.3 Å². The molecule has 0 aliphatic heterocycles. The van der Waals surface area contributed by atoms with Crippen molar-refractivity contribution in [3.8, 4) is 5.75 Å². The number of rotatable bonds is 6. The molecule has 0 saturated carbocycles. The molecule has 0 spiro atoms. The van der Waals surface area contributed by atoms with Gasteiger partial charge < -0.3 is 4.74 Å². The van der Waals surface area contributed by atoms with Crippen molar-refractivity contribution < 1.29 is 23.9 Å². The van der Waals surface area contributed by atoms with Gasteiger partial charge in [0.05, 0.1) is 0 Å². The number of amides is 2. The minimum absolute atomic E-state index is 0.0259. The Labute approximate surface area is 183 Å². The van der Waals surface area contributed by atoms with Crippen LogP contribution in [0.2, 0.25) is 0 Å². The zero-order chi connectivity index (χ0) is 23.4. The van der Waals surface area contributed by atoms with Crippen LogP contribution >= 0.6 is 0 Å². The molecule has 31 heavy (non-hydrogen) atoms. The number of Topliss-reactive ketones (excluding diaryl/α,β-unsaturated/α-hetero) is 2. The number of carbonyl (C=O) groups is 4. The molecule has 0 aliphatic carbocycles. The van der Waals surface area contributed by atoms with Gasteiger partial charge in [0.25, 0.3) is 11.8 Å². The molecule has 0 bridgehead atoms. The van der Waals surface area contributed by atoms with Crippen molar-refractivity contribution in [1.82, 2.24) is 5.32 Å². The van der Waals surface area contributed by atoms with Crippen molar-refractivity contribution in [2.75, 3.05) is 6.61 Å². The van der Waals surface area contributed by atoms with E-state index in [9.17, 15) is 19.2 Å². The first kappa shape index (κ1) is 24.0. The normalized spacial score (nSPS) is 11.5. The SMILES string of the molecule is CC(C)(C)C(=O)COc1ccc(C(=O)NC(=O)c2ccc(C(=O)C(C)(C)C)cc2)cc1. The summed E-state index contributed by atoms with van der Waals surface area (Å²) in [6, 6.07) is 12.4. The molecule has 0 saturated heterocycles. The summed E-state index contributed by atoms with van der Waals surface area (Å²) in [6.45, 7) is 10.9. The highest BCUT2D eigenvalue weighted by Gasteiger charge is 2.23. The van der Waals surface area contributed by atoms with E-state index in [1.54, 1.807) is 24.3 Å². The smallest absolute Gasteiger partial charge is 0.258 e. The van der Waals surface area contributed by atoms with Gasteiger partial charge in [-0.1, -0.05) is 53.7 Å². The Morgan fingerprint density at radius 2 is 1.10 bits per heavy atom. The predicted molar refractivity (Wildman–Crippen MR) is 118 cm³/mol. The standard InChI is InChI=1S/C25H29NO5/c1-24(2,3)20(27)15-31-19-13-11-18(12-14-19)23(30)26-22(29)17-9-7-16(8-10-17)21(28)25(4,5)6/h7-14H,15H2,1-6H3,(H,26,29,30). The molecular formula is C25H29NO5. The molecule has 2 rings (SSSR count). The second kappa shape index (κ2) is 9.25. The Hall–Kier alpha value is -3.28. The number of hydrogen-bond donors (Lipinski definition) is 1. The Kier molecular flexibility index (Phi) is 7.16. The molecule has 2 aromatic carbocycles. The summed E-state index contributed by atoms with van der Waals surface area (Å²) >= 11 is 0. The molecule has 0 atom stereocenters. The lowest BCUT2D eigenvalue weighted by atomic mass is 9.86. The van der Waals surface area contributed by atoms with Crippen LogP contribution in [0.4, 0.5) is 0 Å². The first-order chi connectivity index (χ1) is 14.3. The second-order valence-electron chi connectivity index (χ2n) is 9.43. The van der Waals surface area contributed by atoms with Gasteiger partial charge in [-0.3, -0.25) is 24.5 Å². The van der Waals surface area contributed by atoms with E-state index in [1.165, 1.54) is 24.3 Å². The molecule has 2 aromatic rings. The lowest BCUT2D eigenvalue weighted by molar-refractivity contribution is -0.128. The maximum Gasteiger partial charge on any atom is 0.258 e. The van der Waals surface area contributed by atoms with Gasteiger partial charge in [0, 0.05) is 27.5 Å². The Morgan fingerprint density at radius 1 is 0.677 bits per heavy atom. The fourth-order valence-electron chi connectivity index (χ4n) is 2.52. The van der Waals surface area contributed by atoms with Crippen LogP contribution < -0.4 is 10.1 Å². The van der Waals surface area contributed by atoms with Gasteiger partial charge in [-0.2, -0.15) is 0 Å². The van der Waals surface area contributed by atoms with Crippen molar-refractivity contribution >= 4 is 23.4 Å². The Bertz CT molecular complexity index is 975. The minimum atomic E-state index is -0.559. The topological polar surface area (TPSA) is 89.5 Å². The van der Waals surface area contributed by atoms with Crippen LogP contribution in [0.25, 0.3) is 0 Å². The molecule has 1 N–H and O–H groups in total. The van der Waals surface area contributed by atoms with Crippen LogP contribution in [0.1, 0.15) is 72.6 Å². The van der Waals surface area contributed by atoms with Gasteiger partial charge >= 0.3 is 0 Å². The maximum atomic E-state index is 12.4. The highest BCUT2D eigenvalue weighted by Crippen LogP contribution is 2.21. The summed E-state index contributed by atoms with van der Waals surface area (Å²) in [5.74, 6) is -0.718. The number of nitrogens with one attached hydrogen (secondary N) is 1. The molecule has 0 aromatic heterocycles. The largest absolute Gasteiger partial charge is 0.486 e. The molecule has 0 heterocycles. The fraction of sp³-hybridized carbons (Fsp3) is 0.360. The van der Waals surface area contributed by atoms with E-state index in [1.807, 2.05) is 41.5 Å². The minimum Gasteiger partial charge on any atom is -0.486 e. The Balaban J connectivity index is 1.98. The van der Waals surface area contributed by atoms with Gasteiger partial charge in [0.2, 0.25) is 0 Å². The average Bonchev–Trinajstić information content (AvgIpc) is 2.70. The molecule has 6 heteroatoms. The molecule has 6 nitrogen and oxygen atoms in total. The van der Waals surface area contributed by atoms with Crippen molar-refractivity contribution in [2.24, 2.45) is 10.8 Å². The summed E-state index contributed by atoms with van der Waals surface area (Å²) in [6.07, 6.45) is 0. The monoisotopic (exact) mass is 423 g/mol. The summed E-state index contributed by atoms with van der Waals surface area (Å²) in [5.41, 5.74) is 0.0615. The summed E-state index contributed by atoms with van der Waals surface area (Å²) in [4.78, 5) is 48.9. The molecule has 0 aliphatic rings. The van der Waals surface area contributed by atoms with Crippen molar-refractivity contribution in [3.05, 3.63) is 65.2 Å². The van der Waals surface area contributed by atoms with Gasteiger partial charge in [0.15, 0.2) is 11.6 Å². The molecule has 2 amide bonds. The van der Waals surface area contributed by atoms with Gasteiger partial charge in [-0.25, -0.2) is 0 Å². The quantitative estimate of drug-likeness (QED) is 0.547. The third kappa shape index (κ3) is 6.60. The molecule has 0 fully saturated rings. The van der Waals surface area contributed by atoms with E-state index < -0.39 is 22.6 Å². The lowest BCUT2D eigenvalue weighted by Crippen LogP contribution is -2.30. The third-order valence-corrected chi connectivity index (χ3v) is 4.64. The number of benzene rings is 2.